The van der Waals surface area contributed by atoms with Gasteiger partial charge in [-0.3, -0.25) is 0 Å². The van der Waals surface area contributed by atoms with Gasteiger partial charge in [-0.2, -0.15) is 27.8 Å². The van der Waals surface area contributed by atoms with Gasteiger partial charge in [0.15, 0.2) is 5.69 Å². The van der Waals surface area contributed by atoms with Crippen LogP contribution in [0.4, 0.5) is 19.0 Å². The lowest BCUT2D eigenvalue weighted by Crippen LogP contribution is -2.23. The maximum absolute atomic E-state index is 13.0. The molecular weight excluding hydrogens is 331 g/mol. The van der Waals surface area contributed by atoms with Gasteiger partial charge in [0.05, 0.1) is 0 Å². The molecule has 0 aliphatic carbocycles. The third kappa shape index (κ3) is 4.07. The van der Waals surface area contributed by atoms with E-state index in [9.17, 15) is 13.2 Å². The van der Waals surface area contributed by atoms with Crippen molar-refractivity contribution in [2.75, 3.05) is 18.5 Å². The van der Waals surface area contributed by atoms with Crippen molar-refractivity contribution in [1.82, 2.24) is 19.6 Å². The number of rotatable bonds is 6. The maximum atomic E-state index is 13.0. The Labute approximate surface area is 143 Å². The molecule has 0 unspecified atom stereocenters. The fraction of sp³-hybridized carbons (Fsp3) is 0.353. The zero-order chi connectivity index (χ0) is 17.9. The molecule has 1 aromatic carbocycles. The summed E-state index contributed by atoms with van der Waals surface area (Å²) < 4.78 is 40.4. The van der Waals surface area contributed by atoms with E-state index in [-0.39, 0.29) is 5.78 Å². The molecule has 0 aliphatic rings. The minimum Gasteiger partial charge on any atom is -0.359 e. The van der Waals surface area contributed by atoms with E-state index < -0.39 is 11.9 Å². The third-order valence-corrected chi connectivity index (χ3v) is 3.97. The molecule has 3 rings (SSSR count). The van der Waals surface area contributed by atoms with E-state index in [1.54, 1.807) is 11.9 Å². The second-order valence-corrected chi connectivity index (χ2v) is 5.83. The Balaban J connectivity index is 1.69. The van der Waals surface area contributed by atoms with Crippen molar-refractivity contribution in [2.45, 2.75) is 25.4 Å². The third-order valence-electron chi connectivity index (χ3n) is 3.97. The van der Waals surface area contributed by atoms with Gasteiger partial charge < -0.3 is 4.90 Å². The molecule has 3 aromatic rings. The van der Waals surface area contributed by atoms with E-state index in [0.717, 1.165) is 25.3 Å². The van der Waals surface area contributed by atoms with Crippen LogP contribution < -0.4 is 4.90 Å². The van der Waals surface area contributed by atoms with Crippen molar-refractivity contribution in [3.05, 3.63) is 54.0 Å². The molecule has 25 heavy (non-hydrogen) atoms. The maximum Gasteiger partial charge on any atom is 0.433 e. The predicted octanol–water partition coefficient (Wildman–Crippen LogP) is 3.60. The molecule has 0 amide bonds. The van der Waals surface area contributed by atoms with Crippen LogP contribution in [-0.2, 0) is 12.6 Å². The molecule has 0 saturated carbocycles. The van der Waals surface area contributed by atoms with Gasteiger partial charge in [-0.1, -0.05) is 30.3 Å². The standard InChI is InChI=1S/C17H18F3N5/c1-24(10-6-5-9-13-7-3-2-4-8-13)15-11-14(17(18,19)20)23-16-21-12-22-25(15)16/h2-4,7-8,11-12H,5-6,9-10H2,1H3. The molecule has 2 heterocycles. The normalized spacial score (nSPS) is 11.8. The van der Waals surface area contributed by atoms with Gasteiger partial charge in [0.25, 0.3) is 5.78 Å². The Morgan fingerprint density at radius 3 is 2.60 bits per heavy atom. The highest BCUT2D eigenvalue weighted by Crippen LogP contribution is 2.30. The average Bonchev–Trinajstić information content (AvgIpc) is 3.06. The number of hydrogen-bond acceptors (Lipinski definition) is 4. The molecule has 0 bridgehead atoms. The fourth-order valence-electron chi connectivity index (χ4n) is 2.65. The van der Waals surface area contributed by atoms with Gasteiger partial charge in [0.2, 0.25) is 0 Å². The highest BCUT2D eigenvalue weighted by molar-refractivity contribution is 5.47. The largest absolute Gasteiger partial charge is 0.433 e. The van der Waals surface area contributed by atoms with Gasteiger partial charge in [0, 0.05) is 19.7 Å². The van der Waals surface area contributed by atoms with Crippen molar-refractivity contribution in [2.24, 2.45) is 0 Å². The molecule has 0 aliphatic heterocycles. The molecule has 2 aromatic heterocycles. The summed E-state index contributed by atoms with van der Waals surface area (Å²) in [7, 11) is 1.75. The number of nitrogens with zero attached hydrogens (tertiary/aromatic N) is 5. The van der Waals surface area contributed by atoms with Crippen LogP contribution in [0, 0.1) is 0 Å². The van der Waals surface area contributed by atoms with Crippen molar-refractivity contribution in [3.63, 3.8) is 0 Å². The number of aromatic nitrogens is 4. The average molecular weight is 349 g/mol. The summed E-state index contributed by atoms with van der Waals surface area (Å²) >= 11 is 0. The highest BCUT2D eigenvalue weighted by atomic mass is 19.4. The Bertz CT molecular complexity index is 829. The van der Waals surface area contributed by atoms with Crippen LogP contribution >= 0.6 is 0 Å². The Kier molecular flexibility index (Phi) is 4.87. The lowest BCUT2D eigenvalue weighted by Gasteiger charge is -2.20. The lowest BCUT2D eigenvalue weighted by molar-refractivity contribution is -0.141. The lowest BCUT2D eigenvalue weighted by atomic mass is 10.1. The molecule has 0 N–H and O–H groups in total. The first-order chi connectivity index (χ1) is 11.9. The Hall–Kier alpha value is -2.64. The minimum absolute atomic E-state index is 0.0547. The van der Waals surface area contributed by atoms with E-state index in [2.05, 4.69) is 27.2 Å². The first-order valence-corrected chi connectivity index (χ1v) is 7.98. The van der Waals surface area contributed by atoms with Crippen LogP contribution in [0.25, 0.3) is 5.78 Å². The summed E-state index contributed by atoms with van der Waals surface area (Å²) in [5.74, 6) is 0.274. The molecule has 132 valence electrons. The second-order valence-electron chi connectivity index (χ2n) is 5.83. The summed E-state index contributed by atoms with van der Waals surface area (Å²) in [6.07, 6.45) is -0.569. The number of alkyl halides is 3. The summed E-state index contributed by atoms with van der Waals surface area (Å²) in [5.41, 5.74) is 0.297. The van der Waals surface area contributed by atoms with Gasteiger partial charge in [0.1, 0.15) is 12.1 Å². The number of hydrogen-bond donors (Lipinski definition) is 0. The summed E-state index contributed by atoms with van der Waals surface area (Å²) in [4.78, 5) is 9.06. The summed E-state index contributed by atoms with van der Waals surface area (Å²) in [6.45, 7) is 0.614. The number of unbranched alkanes of at least 4 members (excludes halogenated alkanes) is 1. The smallest absolute Gasteiger partial charge is 0.359 e. The molecule has 0 radical (unpaired) electrons. The van der Waals surface area contributed by atoms with Crippen molar-refractivity contribution in [3.8, 4) is 0 Å². The van der Waals surface area contributed by atoms with Crippen molar-refractivity contribution < 1.29 is 13.2 Å². The van der Waals surface area contributed by atoms with E-state index in [0.29, 0.717) is 12.4 Å². The van der Waals surface area contributed by atoms with Gasteiger partial charge in [-0.25, -0.2) is 4.98 Å². The summed E-state index contributed by atoms with van der Waals surface area (Å²) in [6, 6.07) is 11.1. The van der Waals surface area contributed by atoms with E-state index in [1.807, 2.05) is 18.2 Å². The van der Waals surface area contributed by atoms with Crippen LogP contribution in [-0.4, -0.2) is 33.2 Å². The van der Waals surface area contributed by atoms with Crippen LogP contribution in [0.15, 0.2) is 42.7 Å². The Morgan fingerprint density at radius 2 is 1.88 bits per heavy atom. The van der Waals surface area contributed by atoms with Crippen molar-refractivity contribution in [1.29, 1.82) is 0 Å². The molecule has 5 nitrogen and oxygen atoms in total. The predicted molar refractivity (Wildman–Crippen MR) is 88.4 cm³/mol. The molecule has 0 saturated heterocycles. The molecular formula is C17H18F3N5. The number of anilines is 1. The van der Waals surface area contributed by atoms with E-state index in [1.165, 1.54) is 16.4 Å². The molecule has 0 fully saturated rings. The first-order valence-electron chi connectivity index (χ1n) is 7.98. The quantitative estimate of drug-likeness (QED) is 0.638. The number of fused-ring (bicyclic) bond motifs is 1. The topological polar surface area (TPSA) is 46.3 Å². The molecule has 0 atom stereocenters. The zero-order valence-corrected chi connectivity index (χ0v) is 13.7. The fourth-order valence-corrected chi connectivity index (χ4v) is 2.65. The highest BCUT2D eigenvalue weighted by Gasteiger charge is 2.34. The second kappa shape index (κ2) is 7.08. The molecule has 8 heteroatoms. The number of halogens is 3. The van der Waals surface area contributed by atoms with Crippen LogP contribution in [0.1, 0.15) is 24.1 Å². The number of benzene rings is 1. The summed E-state index contributed by atoms with van der Waals surface area (Å²) in [5, 5.41) is 3.97. The van der Waals surface area contributed by atoms with Crippen LogP contribution in [0.5, 0.6) is 0 Å². The van der Waals surface area contributed by atoms with Gasteiger partial charge in [-0.15, -0.1) is 0 Å². The minimum atomic E-state index is -4.52. The molecule has 0 spiro atoms. The number of aryl methyl sites for hydroxylation is 1. The van der Waals surface area contributed by atoms with Gasteiger partial charge >= 0.3 is 6.18 Å². The van der Waals surface area contributed by atoms with Gasteiger partial charge in [-0.05, 0) is 24.8 Å². The van der Waals surface area contributed by atoms with Crippen molar-refractivity contribution >= 4 is 11.6 Å². The zero-order valence-electron chi connectivity index (χ0n) is 13.7. The first kappa shape index (κ1) is 17.2. The van der Waals surface area contributed by atoms with E-state index >= 15 is 0 Å². The van der Waals surface area contributed by atoms with Crippen LogP contribution in [0.3, 0.4) is 0 Å². The van der Waals surface area contributed by atoms with E-state index in [4.69, 9.17) is 0 Å². The van der Waals surface area contributed by atoms with Crippen LogP contribution in [0.2, 0.25) is 0 Å². The SMILES string of the molecule is CN(CCCCc1ccccc1)c1cc(C(F)(F)F)nc2ncnn12. The Morgan fingerprint density at radius 1 is 1.12 bits per heavy atom. The monoisotopic (exact) mass is 349 g/mol.